The average molecular weight is 291 g/mol. The van der Waals surface area contributed by atoms with E-state index in [2.05, 4.69) is 15.5 Å². The largest absolute Gasteiger partial charge is 0.333 e. The predicted molar refractivity (Wildman–Crippen MR) is 77.7 cm³/mol. The second-order valence-electron chi connectivity index (χ2n) is 6.10. The number of anilines is 1. The summed E-state index contributed by atoms with van der Waals surface area (Å²) in [6.45, 7) is 5.64. The molecule has 6 heteroatoms. The summed E-state index contributed by atoms with van der Waals surface area (Å²) in [6, 6.07) is 1.87. The van der Waals surface area contributed by atoms with Gasteiger partial charge in [0.2, 0.25) is 5.91 Å². The highest BCUT2D eigenvalue weighted by atomic mass is 32.1. The Hall–Kier alpha value is -1.69. The number of nitrogens with one attached hydrogen (secondary N) is 1. The molecule has 2 aromatic heterocycles. The zero-order valence-corrected chi connectivity index (χ0v) is 12.6. The van der Waals surface area contributed by atoms with Gasteiger partial charge in [0.1, 0.15) is 4.88 Å². The summed E-state index contributed by atoms with van der Waals surface area (Å²) in [5.74, 6) is 1.70. The van der Waals surface area contributed by atoms with Crippen LogP contribution in [0.1, 0.15) is 45.4 Å². The van der Waals surface area contributed by atoms with Crippen molar-refractivity contribution in [3.63, 3.8) is 0 Å². The summed E-state index contributed by atoms with van der Waals surface area (Å²) < 4.78 is 5.32. The maximum absolute atomic E-state index is 12.1. The first-order chi connectivity index (χ1) is 9.45. The van der Waals surface area contributed by atoms with E-state index in [9.17, 15) is 4.79 Å². The van der Waals surface area contributed by atoms with Gasteiger partial charge in [-0.1, -0.05) is 25.9 Å². The fourth-order valence-electron chi connectivity index (χ4n) is 1.72. The molecule has 5 nitrogen and oxygen atoms in total. The first kappa shape index (κ1) is 13.3. The van der Waals surface area contributed by atoms with Crippen molar-refractivity contribution in [2.75, 3.05) is 5.32 Å². The first-order valence-electron chi connectivity index (χ1n) is 6.68. The van der Waals surface area contributed by atoms with Gasteiger partial charge in [-0.3, -0.25) is 4.79 Å². The lowest BCUT2D eigenvalue weighted by atomic mass is 9.95. The Balaban J connectivity index is 1.83. The topological polar surface area (TPSA) is 68.0 Å². The van der Waals surface area contributed by atoms with Crippen molar-refractivity contribution in [3.8, 4) is 10.8 Å². The van der Waals surface area contributed by atoms with Gasteiger partial charge in [-0.25, -0.2) is 0 Å². The van der Waals surface area contributed by atoms with Crippen LogP contribution >= 0.6 is 11.3 Å². The van der Waals surface area contributed by atoms with Gasteiger partial charge < -0.3 is 9.84 Å². The van der Waals surface area contributed by atoms with Crippen molar-refractivity contribution in [2.45, 2.75) is 39.5 Å². The Labute approximate surface area is 121 Å². The van der Waals surface area contributed by atoms with E-state index >= 15 is 0 Å². The van der Waals surface area contributed by atoms with Crippen molar-refractivity contribution in [3.05, 3.63) is 17.3 Å². The van der Waals surface area contributed by atoms with Crippen LogP contribution in [0.15, 0.2) is 16.0 Å². The first-order valence-corrected chi connectivity index (χ1v) is 7.56. The Bertz CT molecular complexity index is 635. The van der Waals surface area contributed by atoms with Crippen LogP contribution in [-0.2, 0) is 4.79 Å². The molecule has 0 radical (unpaired) electrons. The summed E-state index contributed by atoms with van der Waals surface area (Å²) in [6.07, 6.45) is 2.27. The Morgan fingerprint density at radius 1 is 1.45 bits per heavy atom. The number of carbonyl (C=O) groups excluding carboxylic acids is 1. The van der Waals surface area contributed by atoms with Crippen LogP contribution in [0.25, 0.3) is 10.8 Å². The van der Waals surface area contributed by atoms with Gasteiger partial charge in [0.25, 0.3) is 5.89 Å². The molecule has 1 fully saturated rings. The minimum atomic E-state index is -0.437. The molecule has 3 rings (SSSR count). The molecule has 1 amide bonds. The third-order valence-corrected chi connectivity index (χ3v) is 4.08. The molecule has 0 atom stereocenters. The molecule has 1 N–H and O–H groups in total. The molecule has 2 aromatic rings. The lowest BCUT2D eigenvalue weighted by Gasteiger charge is -2.17. The van der Waals surface area contributed by atoms with Crippen molar-refractivity contribution in [2.24, 2.45) is 5.41 Å². The molecule has 1 saturated carbocycles. The average Bonchev–Trinajstić information content (AvgIpc) is 2.93. The van der Waals surface area contributed by atoms with E-state index in [1.807, 2.05) is 32.2 Å². The quantitative estimate of drug-likeness (QED) is 0.937. The minimum Gasteiger partial charge on any atom is -0.333 e. The van der Waals surface area contributed by atoms with Gasteiger partial charge in [0.05, 0.1) is 5.69 Å². The van der Waals surface area contributed by atoms with Crippen LogP contribution in [0, 0.1) is 5.41 Å². The number of nitrogens with zero attached hydrogens (tertiary/aromatic N) is 2. The van der Waals surface area contributed by atoms with E-state index in [1.165, 1.54) is 11.3 Å². The molecule has 0 aromatic carbocycles. The number of hydrogen-bond donors (Lipinski definition) is 1. The van der Waals surface area contributed by atoms with Crippen LogP contribution < -0.4 is 5.32 Å². The zero-order chi connectivity index (χ0) is 14.3. The summed E-state index contributed by atoms with van der Waals surface area (Å²) in [5, 5.41) is 8.85. The van der Waals surface area contributed by atoms with E-state index in [0.717, 1.165) is 29.2 Å². The van der Waals surface area contributed by atoms with E-state index in [0.29, 0.717) is 11.8 Å². The molecule has 1 aliphatic carbocycles. The lowest BCUT2D eigenvalue weighted by molar-refractivity contribution is -0.123. The predicted octanol–water partition coefficient (Wildman–Crippen LogP) is 3.66. The second kappa shape index (κ2) is 4.70. The molecule has 106 valence electrons. The molecule has 1 aliphatic rings. The summed E-state index contributed by atoms with van der Waals surface area (Å²) in [4.78, 5) is 17.3. The fourth-order valence-corrected chi connectivity index (χ4v) is 2.49. The van der Waals surface area contributed by atoms with Gasteiger partial charge in [0, 0.05) is 11.3 Å². The lowest BCUT2D eigenvalue weighted by Crippen LogP contribution is -2.27. The van der Waals surface area contributed by atoms with E-state index < -0.39 is 5.41 Å². The molecule has 0 unspecified atom stereocenters. The highest BCUT2D eigenvalue weighted by Gasteiger charge is 2.30. The Morgan fingerprint density at radius 3 is 2.85 bits per heavy atom. The minimum absolute atomic E-state index is 0.0286. The molecule has 0 spiro atoms. The number of thiophene rings is 1. The van der Waals surface area contributed by atoms with Crippen molar-refractivity contribution in [1.29, 1.82) is 0 Å². The second-order valence-corrected chi connectivity index (χ2v) is 7.02. The number of hydrogen-bond acceptors (Lipinski definition) is 5. The molecule has 2 heterocycles. The van der Waals surface area contributed by atoms with Crippen LogP contribution in [0.3, 0.4) is 0 Å². The summed E-state index contributed by atoms with van der Waals surface area (Å²) in [5.41, 5.74) is 0.300. The third-order valence-electron chi connectivity index (χ3n) is 3.17. The van der Waals surface area contributed by atoms with Crippen LogP contribution in [0.2, 0.25) is 0 Å². The normalized spacial score (nSPS) is 15.3. The Morgan fingerprint density at radius 2 is 2.20 bits per heavy atom. The van der Waals surface area contributed by atoms with Gasteiger partial charge in [-0.15, -0.1) is 11.3 Å². The highest BCUT2D eigenvalue weighted by molar-refractivity contribution is 7.14. The van der Waals surface area contributed by atoms with Gasteiger partial charge >= 0.3 is 0 Å². The van der Waals surface area contributed by atoms with Gasteiger partial charge in [-0.05, 0) is 24.3 Å². The fraction of sp³-hybridized carbons (Fsp3) is 0.500. The maximum Gasteiger partial charge on any atom is 0.270 e. The number of carbonyl (C=O) groups is 1. The number of amides is 1. The third kappa shape index (κ3) is 2.60. The number of rotatable bonds is 3. The molecule has 0 saturated heterocycles. The van der Waals surface area contributed by atoms with Crippen molar-refractivity contribution in [1.82, 2.24) is 10.1 Å². The molecule has 20 heavy (non-hydrogen) atoms. The number of aromatic nitrogens is 2. The molecule has 0 bridgehead atoms. The zero-order valence-electron chi connectivity index (χ0n) is 11.8. The SMILES string of the molecule is CC(C)(C)C(=O)Nc1ccsc1-c1nc(C2CC2)no1. The van der Waals surface area contributed by atoms with Crippen LogP contribution in [0.5, 0.6) is 0 Å². The van der Waals surface area contributed by atoms with E-state index in [-0.39, 0.29) is 5.91 Å². The summed E-state index contributed by atoms with van der Waals surface area (Å²) >= 11 is 1.49. The molecule has 0 aliphatic heterocycles. The van der Waals surface area contributed by atoms with Crippen LogP contribution in [0.4, 0.5) is 5.69 Å². The Kier molecular flexibility index (Phi) is 3.12. The van der Waals surface area contributed by atoms with Gasteiger partial charge in [-0.2, -0.15) is 4.98 Å². The molecular weight excluding hydrogens is 274 g/mol. The van der Waals surface area contributed by atoms with E-state index in [1.54, 1.807) is 0 Å². The maximum atomic E-state index is 12.1. The van der Waals surface area contributed by atoms with Crippen molar-refractivity contribution < 1.29 is 9.32 Å². The standard InChI is InChI=1S/C14H17N3O2S/c1-14(2,3)13(18)15-9-6-7-20-10(9)12-16-11(17-19-12)8-4-5-8/h6-8H,4-5H2,1-3H3,(H,15,18). The van der Waals surface area contributed by atoms with Crippen molar-refractivity contribution >= 4 is 22.9 Å². The highest BCUT2D eigenvalue weighted by Crippen LogP contribution is 2.40. The summed E-state index contributed by atoms with van der Waals surface area (Å²) in [7, 11) is 0. The molecular formula is C14H17N3O2S. The monoisotopic (exact) mass is 291 g/mol. The van der Waals surface area contributed by atoms with Crippen LogP contribution in [-0.4, -0.2) is 16.0 Å². The smallest absolute Gasteiger partial charge is 0.270 e. The van der Waals surface area contributed by atoms with Gasteiger partial charge in [0.15, 0.2) is 5.82 Å². The van der Waals surface area contributed by atoms with E-state index in [4.69, 9.17) is 4.52 Å².